The second kappa shape index (κ2) is 10.4. The fourth-order valence-corrected chi connectivity index (χ4v) is 2.79. The summed E-state index contributed by atoms with van der Waals surface area (Å²) in [4.78, 5) is 9.73. The van der Waals surface area contributed by atoms with Gasteiger partial charge >= 0.3 is 0 Å². The van der Waals surface area contributed by atoms with E-state index in [1.165, 1.54) is 4.88 Å². The van der Waals surface area contributed by atoms with Crippen LogP contribution < -0.4 is 15.4 Å². The SMILES string of the molecule is CN=C(NCc1ccnc(OC)c1)NCC(C)c1cccs1.I. The Hall–Kier alpha value is -1.35. The van der Waals surface area contributed by atoms with Gasteiger partial charge in [-0.05, 0) is 23.1 Å². The molecule has 0 radical (unpaired) electrons. The third-order valence-corrected chi connectivity index (χ3v) is 4.40. The average molecular weight is 446 g/mol. The highest BCUT2D eigenvalue weighted by atomic mass is 127. The van der Waals surface area contributed by atoms with Crippen molar-refractivity contribution in [2.75, 3.05) is 20.7 Å². The molecule has 23 heavy (non-hydrogen) atoms. The Kier molecular flexibility index (Phi) is 8.93. The predicted octanol–water partition coefficient (Wildman–Crippen LogP) is 3.24. The number of pyridine rings is 1. The van der Waals surface area contributed by atoms with Gasteiger partial charge in [0.05, 0.1) is 7.11 Å². The fourth-order valence-electron chi connectivity index (χ4n) is 2.00. The van der Waals surface area contributed by atoms with Gasteiger partial charge in [0.25, 0.3) is 0 Å². The van der Waals surface area contributed by atoms with Crippen LogP contribution in [0, 0.1) is 0 Å². The van der Waals surface area contributed by atoms with E-state index in [-0.39, 0.29) is 24.0 Å². The Morgan fingerprint density at radius 3 is 2.87 bits per heavy atom. The third kappa shape index (κ3) is 6.34. The molecule has 0 bridgehead atoms. The number of halogens is 1. The van der Waals surface area contributed by atoms with E-state index in [2.05, 4.69) is 45.0 Å². The van der Waals surface area contributed by atoms with Crippen LogP contribution in [0.25, 0.3) is 0 Å². The van der Waals surface area contributed by atoms with Crippen LogP contribution in [0.5, 0.6) is 5.88 Å². The van der Waals surface area contributed by atoms with Gasteiger partial charge in [-0.25, -0.2) is 4.98 Å². The number of aliphatic imine (C=N–C) groups is 1. The van der Waals surface area contributed by atoms with E-state index in [1.54, 1.807) is 31.7 Å². The molecule has 126 valence electrons. The maximum atomic E-state index is 5.12. The molecule has 0 fully saturated rings. The number of hydrogen-bond acceptors (Lipinski definition) is 4. The topological polar surface area (TPSA) is 58.5 Å². The summed E-state index contributed by atoms with van der Waals surface area (Å²) in [6, 6.07) is 8.11. The van der Waals surface area contributed by atoms with Gasteiger partial charge in [-0.2, -0.15) is 0 Å². The van der Waals surface area contributed by atoms with E-state index in [9.17, 15) is 0 Å². The first-order valence-corrected chi connectivity index (χ1v) is 8.07. The molecule has 0 aromatic carbocycles. The van der Waals surface area contributed by atoms with Crippen molar-refractivity contribution in [1.82, 2.24) is 15.6 Å². The Bertz CT molecular complexity index is 604. The van der Waals surface area contributed by atoms with Crippen molar-refractivity contribution in [2.24, 2.45) is 4.99 Å². The molecule has 0 saturated carbocycles. The van der Waals surface area contributed by atoms with Crippen molar-refractivity contribution < 1.29 is 4.74 Å². The Morgan fingerprint density at radius 1 is 1.39 bits per heavy atom. The minimum absolute atomic E-state index is 0. The summed E-state index contributed by atoms with van der Waals surface area (Å²) in [5.41, 5.74) is 1.10. The molecule has 2 heterocycles. The molecule has 0 aliphatic carbocycles. The Balaban J connectivity index is 0.00000264. The van der Waals surface area contributed by atoms with Gasteiger partial charge in [0.1, 0.15) is 0 Å². The first-order chi connectivity index (χ1) is 10.7. The lowest BCUT2D eigenvalue weighted by molar-refractivity contribution is 0.397. The van der Waals surface area contributed by atoms with E-state index in [1.807, 2.05) is 12.1 Å². The Morgan fingerprint density at radius 2 is 2.22 bits per heavy atom. The van der Waals surface area contributed by atoms with Crippen molar-refractivity contribution in [3.63, 3.8) is 0 Å². The van der Waals surface area contributed by atoms with Crippen LogP contribution in [-0.4, -0.2) is 31.6 Å². The van der Waals surface area contributed by atoms with Crippen LogP contribution in [-0.2, 0) is 6.54 Å². The summed E-state index contributed by atoms with van der Waals surface area (Å²) >= 11 is 1.78. The summed E-state index contributed by atoms with van der Waals surface area (Å²) in [6.07, 6.45) is 1.74. The number of ether oxygens (including phenoxy) is 1. The molecule has 1 unspecified atom stereocenters. The lowest BCUT2D eigenvalue weighted by Crippen LogP contribution is -2.38. The zero-order valence-corrected chi connectivity index (χ0v) is 16.7. The number of aromatic nitrogens is 1. The van der Waals surface area contributed by atoms with E-state index >= 15 is 0 Å². The van der Waals surface area contributed by atoms with Gasteiger partial charge in [-0.1, -0.05) is 13.0 Å². The van der Waals surface area contributed by atoms with Crippen LogP contribution in [0.4, 0.5) is 0 Å². The van der Waals surface area contributed by atoms with Crippen molar-refractivity contribution in [2.45, 2.75) is 19.4 Å². The predicted molar refractivity (Wildman–Crippen MR) is 107 cm³/mol. The number of thiophene rings is 1. The summed E-state index contributed by atoms with van der Waals surface area (Å²) in [5, 5.41) is 8.76. The second-order valence-electron chi connectivity index (χ2n) is 4.93. The molecule has 0 aliphatic rings. The fraction of sp³-hybridized carbons (Fsp3) is 0.375. The molecule has 5 nitrogen and oxygen atoms in total. The molecule has 2 rings (SSSR count). The maximum absolute atomic E-state index is 5.12. The molecule has 2 aromatic heterocycles. The highest BCUT2D eigenvalue weighted by Gasteiger charge is 2.07. The molecular formula is C16H23IN4OS. The van der Waals surface area contributed by atoms with E-state index in [4.69, 9.17) is 4.74 Å². The van der Waals surface area contributed by atoms with E-state index in [0.29, 0.717) is 18.3 Å². The number of rotatable bonds is 6. The zero-order chi connectivity index (χ0) is 15.8. The number of hydrogen-bond donors (Lipinski definition) is 2. The highest BCUT2D eigenvalue weighted by molar-refractivity contribution is 14.0. The average Bonchev–Trinajstić information content (AvgIpc) is 3.09. The van der Waals surface area contributed by atoms with Crippen molar-refractivity contribution in [1.29, 1.82) is 0 Å². The molecule has 0 saturated heterocycles. The first kappa shape index (κ1) is 19.7. The quantitative estimate of drug-likeness (QED) is 0.407. The molecule has 1 atom stereocenters. The number of methoxy groups -OCH3 is 1. The summed E-state index contributed by atoms with van der Waals surface area (Å²) in [7, 11) is 3.39. The van der Waals surface area contributed by atoms with Gasteiger partial charge in [0, 0.05) is 43.2 Å². The van der Waals surface area contributed by atoms with Crippen molar-refractivity contribution in [3.8, 4) is 5.88 Å². The van der Waals surface area contributed by atoms with Crippen LogP contribution in [0.15, 0.2) is 40.8 Å². The van der Waals surface area contributed by atoms with Gasteiger partial charge in [0.2, 0.25) is 5.88 Å². The van der Waals surface area contributed by atoms with Crippen molar-refractivity contribution >= 4 is 41.3 Å². The molecule has 0 aliphatic heterocycles. The van der Waals surface area contributed by atoms with Crippen LogP contribution in [0.3, 0.4) is 0 Å². The summed E-state index contributed by atoms with van der Waals surface area (Å²) in [6.45, 7) is 3.73. The third-order valence-electron chi connectivity index (χ3n) is 3.30. The number of nitrogens with one attached hydrogen (secondary N) is 2. The summed E-state index contributed by atoms with van der Waals surface area (Å²) < 4.78 is 5.12. The normalized spacial score (nSPS) is 12.2. The minimum atomic E-state index is 0. The lowest BCUT2D eigenvalue weighted by Gasteiger charge is -2.15. The number of nitrogens with zero attached hydrogens (tertiary/aromatic N) is 2. The van der Waals surface area contributed by atoms with Crippen molar-refractivity contribution in [3.05, 3.63) is 46.3 Å². The molecular weight excluding hydrogens is 423 g/mol. The van der Waals surface area contributed by atoms with Gasteiger partial charge in [-0.3, -0.25) is 4.99 Å². The van der Waals surface area contributed by atoms with Gasteiger partial charge in [0.15, 0.2) is 5.96 Å². The molecule has 2 aromatic rings. The van der Waals surface area contributed by atoms with Crippen LogP contribution >= 0.6 is 35.3 Å². The number of guanidine groups is 1. The van der Waals surface area contributed by atoms with E-state index < -0.39 is 0 Å². The van der Waals surface area contributed by atoms with Crippen LogP contribution in [0.2, 0.25) is 0 Å². The Labute approximate surface area is 158 Å². The largest absolute Gasteiger partial charge is 0.481 e. The highest BCUT2D eigenvalue weighted by Crippen LogP contribution is 2.19. The molecule has 7 heteroatoms. The molecule has 0 amide bonds. The maximum Gasteiger partial charge on any atom is 0.213 e. The lowest BCUT2D eigenvalue weighted by atomic mass is 10.1. The van der Waals surface area contributed by atoms with Gasteiger partial charge < -0.3 is 15.4 Å². The molecule has 0 spiro atoms. The zero-order valence-electron chi connectivity index (χ0n) is 13.6. The minimum Gasteiger partial charge on any atom is -0.481 e. The summed E-state index contributed by atoms with van der Waals surface area (Å²) in [5.74, 6) is 1.87. The molecule has 2 N–H and O–H groups in total. The first-order valence-electron chi connectivity index (χ1n) is 7.19. The van der Waals surface area contributed by atoms with Gasteiger partial charge in [-0.15, -0.1) is 35.3 Å². The van der Waals surface area contributed by atoms with E-state index in [0.717, 1.165) is 18.1 Å². The smallest absolute Gasteiger partial charge is 0.213 e. The standard InChI is InChI=1S/C16H22N4OS.HI/c1-12(14-5-4-8-22-14)10-19-16(17-2)20-11-13-6-7-18-15(9-13)21-3;/h4-9,12H,10-11H2,1-3H3,(H2,17,19,20);1H. The second-order valence-corrected chi connectivity index (χ2v) is 5.91. The monoisotopic (exact) mass is 446 g/mol. The van der Waals surface area contributed by atoms with Crippen LogP contribution in [0.1, 0.15) is 23.3 Å².